The number of fused-ring (bicyclic) bond motifs is 1. The molecule has 0 saturated carbocycles. The highest BCUT2D eigenvalue weighted by atomic mass is 16.2. The van der Waals surface area contributed by atoms with Crippen LogP contribution in [0.4, 0.5) is 10.5 Å². The SMILES string of the molecule is CC[C@@H]1c2ccc(C)n2CCN1C(=O)Nc1ccccc1C. The molecule has 0 saturated heterocycles. The normalized spacial score (nSPS) is 17.2. The van der Waals surface area contributed by atoms with Gasteiger partial charge in [0.05, 0.1) is 6.04 Å². The van der Waals surface area contributed by atoms with E-state index in [2.05, 4.69) is 35.9 Å². The monoisotopic (exact) mass is 297 g/mol. The Bertz CT molecular complexity index is 689. The lowest BCUT2D eigenvalue weighted by Crippen LogP contribution is -2.44. The second kappa shape index (κ2) is 5.87. The Hall–Kier alpha value is -2.23. The maximum atomic E-state index is 12.7. The highest BCUT2D eigenvalue weighted by Crippen LogP contribution is 2.30. The second-order valence-corrected chi connectivity index (χ2v) is 5.91. The largest absolute Gasteiger partial charge is 0.345 e. The van der Waals surface area contributed by atoms with E-state index >= 15 is 0 Å². The van der Waals surface area contributed by atoms with E-state index in [9.17, 15) is 4.79 Å². The standard InChI is InChI=1S/C18H23N3O/c1-4-16-17-10-9-14(3)20(17)11-12-21(16)18(22)19-15-8-6-5-7-13(15)2/h5-10,16H,4,11-12H2,1-3H3,(H,19,22)/t16-/m1/s1. The van der Waals surface area contributed by atoms with Gasteiger partial charge in [0.1, 0.15) is 0 Å². The molecular formula is C18H23N3O. The van der Waals surface area contributed by atoms with Crippen molar-refractivity contribution in [3.8, 4) is 0 Å². The molecule has 4 heteroatoms. The molecule has 1 aliphatic heterocycles. The van der Waals surface area contributed by atoms with E-state index in [0.29, 0.717) is 0 Å². The van der Waals surface area contributed by atoms with Gasteiger partial charge < -0.3 is 14.8 Å². The lowest BCUT2D eigenvalue weighted by atomic mass is 10.1. The summed E-state index contributed by atoms with van der Waals surface area (Å²) in [4.78, 5) is 14.7. The Morgan fingerprint density at radius 3 is 2.68 bits per heavy atom. The van der Waals surface area contributed by atoms with Gasteiger partial charge in [-0.25, -0.2) is 4.79 Å². The fourth-order valence-corrected chi connectivity index (χ4v) is 3.28. The van der Waals surface area contributed by atoms with Gasteiger partial charge in [0.2, 0.25) is 0 Å². The minimum Gasteiger partial charge on any atom is -0.345 e. The number of urea groups is 1. The predicted octanol–water partition coefficient (Wildman–Crippen LogP) is 4.10. The molecule has 2 amide bonds. The number of nitrogens with one attached hydrogen (secondary N) is 1. The number of hydrogen-bond donors (Lipinski definition) is 1. The molecule has 4 nitrogen and oxygen atoms in total. The first kappa shape index (κ1) is 14.7. The molecule has 0 fully saturated rings. The number of anilines is 1. The predicted molar refractivity (Wildman–Crippen MR) is 89.1 cm³/mol. The first-order chi connectivity index (χ1) is 10.6. The van der Waals surface area contributed by atoms with Crippen LogP contribution in [0, 0.1) is 13.8 Å². The summed E-state index contributed by atoms with van der Waals surface area (Å²) in [5.41, 5.74) is 4.48. The van der Waals surface area contributed by atoms with Crippen LogP contribution in [0.5, 0.6) is 0 Å². The van der Waals surface area contributed by atoms with Gasteiger partial charge in [-0.3, -0.25) is 0 Å². The van der Waals surface area contributed by atoms with Crippen LogP contribution in [0.2, 0.25) is 0 Å². The topological polar surface area (TPSA) is 37.3 Å². The van der Waals surface area contributed by atoms with Crippen molar-refractivity contribution in [2.24, 2.45) is 0 Å². The smallest absolute Gasteiger partial charge is 0.322 e. The lowest BCUT2D eigenvalue weighted by molar-refractivity contribution is 0.165. The van der Waals surface area contributed by atoms with Gasteiger partial charge in [-0.2, -0.15) is 0 Å². The highest BCUT2D eigenvalue weighted by Gasteiger charge is 2.30. The van der Waals surface area contributed by atoms with E-state index in [1.165, 1.54) is 11.4 Å². The first-order valence-electron chi connectivity index (χ1n) is 7.91. The van der Waals surface area contributed by atoms with Gasteiger partial charge in [-0.1, -0.05) is 25.1 Å². The first-order valence-corrected chi connectivity index (χ1v) is 7.91. The van der Waals surface area contributed by atoms with E-state index in [0.717, 1.165) is 30.8 Å². The molecule has 0 unspecified atom stereocenters. The third kappa shape index (κ3) is 2.49. The minimum absolute atomic E-state index is 0.00810. The number of amides is 2. The van der Waals surface area contributed by atoms with Crippen molar-refractivity contribution in [3.63, 3.8) is 0 Å². The summed E-state index contributed by atoms with van der Waals surface area (Å²) in [6, 6.07) is 12.3. The van der Waals surface area contributed by atoms with Gasteiger partial charge >= 0.3 is 6.03 Å². The van der Waals surface area contributed by atoms with Crippen LogP contribution in [-0.4, -0.2) is 22.0 Å². The van der Waals surface area contributed by atoms with Crippen molar-refractivity contribution >= 4 is 11.7 Å². The molecule has 2 aromatic rings. The van der Waals surface area contributed by atoms with Crippen molar-refractivity contribution in [1.82, 2.24) is 9.47 Å². The van der Waals surface area contributed by atoms with E-state index in [1.807, 2.05) is 36.1 Å². The Labute approximate surface area is 131 Å². The highest BCUT2D eigenvalue weighted by molar-refractivity contribution is 5.90. The maximum Gasteiger partial charge on any atom is 0.322 e. The number of aromatic nitrogens is 1. The van der Waals surface area contributed by atoms with Crippen molar-refractivity contribution in [1.29, 1.82) is 0 Å². The third-order valence-electron chi connectivity index (χ3n) is 4.55. The zero-order valence-corrected chi connectivity index (χ0v) is 13.5. The van der Waals surface area contributed by atoms with Crippen molar-refractivity contribution in [2.75, 3.05) is 11.9 Å². The number of nitrogens with zero attached hydrogens (tertiary/aromatic N) is 2. The molecule has 3 rings (SSSR count). The van der Waals surface area contributed by atoms with Crippen LogP contribution in [0.25, 0.3) is 0 Å². The quantitative estimate of drug-likeness (QED) is 0.890. The summed E-state index contributed by atoms with van der Waals surface area (Å²) < 4.78 is 2.33. The molecule has 116 valence electrons. The van der Waals surface area contributed by atoms with Gasteiger partial charge in [0.25, 0.3) is 0 Å². The summed E-state index contributed by atoms with van der Waals surface area (Å²) in [7, 11) is 0. The number of carbonyl (C=O) groups is 1. The molecular weight excluding hydrogens is 274 g/mol. The number of benzene rings is 1. The molecule has 1 N–H and O–H groups in total. The van der Waals surface area contributed by atoms with Crippen molar-refractivity contribution in [3.05, 3.63) is 53.3 Å². The lowest BCUT2D eigenvalue weighted by Gasteiger charge is -2.37. The molecule has 0 radical (unpaired) electrons. The Kier molecular flexibility index (Phi) is 3.92. The van der Waals surface area contributed by atoms with Gasteiger partial charge in [-0.05, 0) is 44.0 Å². The second-order valence-electron chi connectivity index (χ2n) is 5.91. The molecule has 1 aromatic heterocycles. The average molecular weight is 297 g/mol. The number of rotatable bonds is 2. The van der Waals surface area contributed by atoms with Crippen molar-refractivity contribution in [2.45, 2.75) is 39.8 Å². The molecule has 1 aromatic carbocycles. The molecule has 1 aliphatic rings. The summed E-state index contributed by atoms with van der Waals surface area (Å²) in [5, 5.41) is 3.06. The zero-order chi connectivity index (χ0) is 15.7. The van der Waals surface area contributed by atoms with Crippen molar-refractivity contribution < 1.29 is 4.79 Å². The molecule has 0 bridgehead atoms. The molecule has 0 spiro atoms. The molecule has 1 atom stereocenters. The Morgan fingerprint density at radius 1 is 1.18 bits per heavy atom. The van der Waals surface area contributed by atoms with Crippen LogP contribution in [0.15, 0.2) is 36.4 Å². The van der Waals surface area contributed by atoms with E-state index < -0.39 is 0 Å². The van der Waals surface area contributed by atoms with Gasteiger partial charge in [0, 0.05) is 30.2 Å². The minimum atomic E-state index is -0.00810. The van der Waals surface area contributed by atoms with Crippen LogP contribution >= 0.6 is 0 Å². The summed E-state index contributed by atoms with van der Waals surface area (Å²) in [6.45, 7) is 7.89. The Morgan fingerprint density at radius 2 is 1.95 bits per heavy atom. The number of aryl methyl sites for hydroxylation is 2. The van der Waals surface area contributed by atoms with Gasteiger partial charge in [-0.15, -0.1) is 0 Å². The number of carbonyl (C=O) groups excluding carboxylic acids is 1. The van der Waals surface area contributed by atoms with Crippen LogP contribution in [0.3, 0.4) is 0 Å². The number of para-hydroxylation sites is 1. The van der Waals surface area contributed by atoms with E-state index in [4.69, 9.17) is 0 Å². The molecule has 0 aliphatic carbocycles. The van der Waals surface area contributed by atoms with Gasteiger partial charge in [0.15, 0.2) is 0 Å². The fraction of sp³-hybridized carbons (Fsp3) is 0.389. The molecule has 2 heterocycles. The fourth-order valence-electron chi connectivity index (χ4n) is 3.28. The summed E-state index contributed by atoms with van der Waals surface area (Å²) >= 11 is 0. The maximum absolute atomic E-state index is 12.7. The summed E-state index contributed by atoms with van der Waals surface area (Å²) in [6.07, 6.45) is 0.921. The van der Waals surface area contributed by atoms with Crippen LogP contribution in [0.1, 0.15) is 36.3 Å². The average Bonchev–Trinajstić information content (AvgIpc) is 2.90. The van der Waals surface area contributed by atoms with Crippen LogP contribution < -0.4 is 5.32 Å². The summed E-state index contributed by atoms with van der Waals surface area (Å²) in [5.74, 6) is 0. The van der Waals surface area contributed by atoms with E-state index in [1.54, 1.807) is 0 Å². The molecule has 22 heavy (non-hydrogen) atoms. The van der Waals surface area contributed by atoms with Crippen LogP contribution in [-0.2, 0) is 6.54 Å². The Balaban J connectivity index is 1.83. The zero-order valence-electron chi connectivity index (χ0n) is 13.5. The third-order valence-corrected chi connectivity index (χ3v) is 4.55. The number of hydrogen-bond acceptors (Lipinski definition) is 1. The van der Waals surface area contributed by atoms with E-state index in [-0.39, 0.29) is 12.1 Å².